The number of methoxy groups -OCH3 is 1. The Bertz CT molecular complexity index is 1100. The van der Waals surface area contributed by atoms with Gasteiger partial charge in [0, 0.05) is 37.8 Å². The zero-order valence-corrected chi connectivity index (χ0v) is 21.5. The third-order valence-electron chi connectivity index (χ3n) is 6.87. The Labute approximate surface area is 220 Å². The Kier molecular flexibility index (Phi) is 9.39. The van der Waals surface area contributed by atoms with E-state index in [0.29, 0.717) is 11.6 Å². The van der Waals surface area contributed by atoms with Crippen LogP contribution in [0.2, 0.25) is 0 Å². The van der Waals surface area contributed by atoms with Crippen molar-refractivity contribution in [3.63, 3.8) is 0 Å². The summed E-state index contributed by atoms with van der Waals surface area (Å²) < 4.78 is 5.03. The third-order valence-corrected chi connectivity index (χ3v) is 6.87. The maximum atomic E-state index is 12.3. The van der Waals surface area contributed by atoms with Gasteiger partial charge in [0.1, 0.15) is 0 Å². The highest BCUT2D eigenvalue weighted by molar-refractivity contribution is 5.90. The van der Waals surface area contributed by atoms with Gasteiger partial charge in [0.2, 0.25) is 0 Å². The van der Waals surface area contributed by atoms with Gasteiger partial charge in [-0.05, 0) is 29.2 Å². The number of ether oxygens (including phenoxy) is 1. The molecular formula is C29H32Cl2N2O2. The topological polar surface area (TPSA) is 32.8 Å². The summed E-state index contributed by atoms with van der Waals surface area (Å²) in [6, 6.07) is 29.9. The summed E-state index contributed by atoms with van der Waals surface area (Å²) in [5.74, 6) is -0.000124. The number of hydrogen-bond acceptors (Lipinski definition) is 4. The maximum Gasteiger partial charge on any atom is 0.338 e. The van der Waals surface area contributed by atoms with E-state index in [1.807, 2.05) is 24.3 Å². The van der Waals surface area contributed by atoms with E-state index in [0.717, 1.165) is 38.2 Å². The van der Waals surface area contributed by atoms with Gasteiger partial charge < -0.3 is 9.64 Å². The highest BCUT2D eigenvalue weighted by atomic mass is 35.5. The first-order valence-corrected chi connectivity index (χ1v) is 11.7. The first-order valence-electron chi connectivity index (χ1n) is 11.7. The number of benzene rings is 3. The summed E-state index contributed by atoms with van der Waals surface area (Å²) in [4.78, 5) is 17.4. The number of piperazine rings is 1. The lowest BCUT2D eigenvalue weighted by molar-refractivity contribution is 0.0596. The van der Waals surface area contributed by atoms with Crippen LogP contribution in [-0.2, 0) is 11.3 Å². The van der Waals surface area contributed by atoms with Crippen LogP contribution in [0.5, 0.6) is 0 Å². The predicted octanol–water partition coefficient (Wildman–Crippen LogP) is 5.92. The fourth-order valence-electron chi connectivity index (χ4n) is 5.39. The molecule has 0 aromatic heterocycles. The molecule has 0 amide bonds. The van der Waals surface area contributed by atoms with E-state index in [9.17, 15) is 4.79 Å². The third kappa shape index (κ3) is 5.72. The van der Waals surface area contributed by atoms with Crippen LogP contribution in [0.4, 0.5) is 0 Å². The molecule has 0 radical (unpaired) electrons. The van der Waals surface area contributed by atoms with E-state index < -0.39 is 0 Å². The highest BCUT2D eigenvalue weighted by Crippen LogP contribution is 2.37. The van der Waals surface area contributed by atoms with E-state index in [2.05, 4.69) is 76.5 Å². The molecular weight excluding hydrogens is 479 g/mol. The molecule has 35 heavy (non-hydrogen) atoms. The number of hydrogen-bond donors (Lipinski definition) is 0. The second kappa shape index (κ2) is 12.3. The molecule has 1 atom stereocenters. The van der Waals surface area contributed by atoms with Crippen LogP contribution in [0.1, 0.15) is 39.4 Å². The van der Waals surface area contributed by atoms with E-state index >= 15 is 0 Å². The average Bonchev–Trinajstić information content (AvgIpc) is 3.34. The van der Waals surface area contributed by atoms with Crippen molar-refractivity contribution in [1.29, 1.82) is 0 Å². The van der Waals surface area contributed by atoms with Gasteiger partial charge in [-0.25, -0.2) is 4.79 Å². The zero-order valence-electron chi connectivity index (χ0n) is 19.9. The lowest BCUT2D eigenvalue weighted by Gasteiger charge is -2.46. The minimum Gasteiger partial charge on any atom is -0.465 e. The molecule has 0 spiro atoms. The molecule has 0 bridgehead atoms. The summed E-state index contributed by atoms with van der Waals surface area (Å²) in [7, 11) is 1.45. The summed E-state index contributed by atoms with van der Waals surface area (Å²) in [5, 5.41) is 0. The Balaban J connectivity index is 0.00000171. The van der Waals surface area contributed by atoms with Gasteiger partial charge in [0.25, 0.3) is 0 Å². The number of nitrogens with zero attached hydrogens (tertiary/aromatic N) is 2. The van der Waals surface area contributed by atoms with Crippen molar-refractivity contribution >= 4 is 30.8 Å². The van der Waals surface area contributed by atoms with Crippen molar-refractivity contribution in [3.05, 3.63) is 119 Å². The summed E-state index contributed by atoms with van der Waals surface area (Å²) >= 11 is 0. The van der Waals surface area contributed by atoms with Crippen LogP contribution >= 0.6 is 24.8 Å². The number of rotatable bonds is 6. The molecule has 184 valence electrons. The molecule has 6 heteroatoms. The minimum atomic E-state index is -0.271. The Morgan fingerprint density at radius 2 is 1.51 bits per heavy atom. The second-order valence-electron chi connectivity index (χ2n) is 8.86. The van der Waals surface area contributed by atoms with E-state index in [4.69, 9.17) is 4.74 Å². The Hall–Kier alpha value is -2.79. The van der Waals surface area contributed by atoms with Crippen molar-refractivity contribution < 1.29 is 9.53 Å². The summed E-state index contributed by atoms with van der Waals surface area (Å²) in [6.45, 7) is 3.63. The number of carbonyl (C=O) groups excluding carboxylic acids is 1. The first-order chi connectivity index (χ1) is 16.2. The number of fused-ring (bicyclic) bond motifs is 1. The van der Waals surface area contributed by atoms with Crippen molar-refractivity contribution in [2.75, 3.05) is 26.7 Å². The molecule has 2 aliphatic rings. The molecule has 0 aliphatic carbocycles. The molecule has 0 N–H and O–H groups in total. The van der Waals surface area contributed by atoms with Crippen LogP contribution in [0.25, 0.3) is 0 Å². The Morgan fingerprint density at radius 3 is 2.14 bits per heavy atom. The molecule has 1 saturated heterocycles. The molecule has 3 aromatic carbocycles. The molecule has 2 heterocycles. The number of carbonyl (C=O) groups is 1. The van der Waals surface area contributed by atoms with Gasteiger partial charge in [-0.3, -0.25) is 4.90 Å². The smallest absolute Gasteiger partial charge is 0.338 e. The normalized spacial score (nSPS) is 17.1. The highest BCUT2D eigenvalue weighted by Gasteiger charge is 2.38. The van der Waals surface area contributed by atoms with E-state index in [1.165, 1.54) is 23.9 Å². The average molecular weight is 511 g/mol. The van der Waals surface area contributed by atoms with Gasteiger partial charge in [-0.15, -0.1) is 24.8 Å². The summed E-state index contributed by atoms with van der Waals surface area (Å²) in [5.41, 5.74) is 5.76. The van der Waals surface area contributed by atoms with Crippen LogP contribution in [0, 0.1) is 0 Å². The maximum absolute atomic E-state index is 12.3. The van der Waals surface area contributed by atoms with Gasteiger partial charge in [-0.1, -0.05) is 84.9 Å². The van der Waals surface area contributed by atoms with Crippen molar-refractivity contribution in [3.8, 4) is 0 Å². The van der Waals surface area contributed by atoms with Gasteiger partial charge in [-0.2, -0.15) is 0 Å². The molecule has 5 rings (SSSR count). The zero-order chi connectivity index (χ0) is 22.6. The fourth-order valence-corrected chi connectivity index (χ4v) is 5.39. The lowest BCUT2D eigenvalue weighted by atomic mass is 9.83. The molecule has 0 saturated carbocycles. The summed E-state index contributed by atoms with van der Waals surface area (Å²) in [6.07, 6.45) is 3.48. The predicted molar refractivity (Wildman–Crippen MR) is 145 cm³/mol. The van der Waals surface area contributed by atoms with Crippen LogP contribution in [0.3, 0.4) is 0 Å². The standard InChI is InChI=1S/C29H30N2O2.2ClH/c1-33-29(32)26-17-9-8-15-24(26)19-30-20-25-16-10-18-31(25)27(21-30)28(22-11-4-2-5-12-22)23-13-6-3-7-14-23;;/h2-9,11-17,27-28H,10,18-21H2,1H3;2*1H/t27-;;/m0../s1. The van der Waals surface area contributed by atoms with Crippen molar-refractivity contribution in [2.24, 2.45) is 0 Å². The van der Waals surface area contributed by atoms with Gasteiger partial charge in [0.15, 0.2) is 0 Å². The fraction of sp³-hybridized carbons (Fsp3) is 0.276. The number of esters is 1. The molecule has 2 aliphatic heterocycles. The van der Waals surface area contributed by atoms with Crippen molar-refractivity contribution in [2.45, 2.75) is 24.9 Å². The van der Waals surface area contributed by atoms with Gasteiger partial charge >= 0.3 is 5.97 Å². The largest absolute Gasteiger partial charge is 0.465 e. The van der Waals surface area contributed by atoms with E-state index in [-0.39, 0.29) is 36.7 Å². The first kappa shape index (κ1) is 26.8. The monoisotopic (exact) mass is 510 g/mol. The van der Waals surface area contributed by atoms with Crippen LogP contribution in [-0.4, -0.2) is 48.6 Å². The SMILES string of the molecule is COC(=O)c1ccccc1CN1CC2=CCCN2[C@H](C(c2ccccc2)c2ccccc2)C1.Cl.Cl. The molecule has 4 nitrogen and oxygen atoms in total. The molecule has 1 fully saturated rings. The van der Waals surface area contributed by atoms with E-state index in [1.54, 1.807) is 0 Å². The minimum absolute atomic E-state index is 0. The Morgan fingerprint density at radius 1 is 0.914 bits per heavy atom. The van der Waals surface area contributed by atoms with Crippen LogP contribution in [0.15, 0.2) is 96.7 Å². The second-order valence-corrected chi connectivity index (χ2v) is 8.86. The molecule has 0 unspecified atom stereocenters. The van der Waals surface area contributed by atoms with Crippen LogP contribution < -0.4 is 0 Å². The lowest BCUT2D eigenvalue weighted by Crippen LogP contribution is -2.52. The number of halogens is 2. The quantitative estimate of drug-likeness (QED) is 0.385. The van der Waals surface area contributed by atoms with Crippen molar-refractivity contribution in [1.82, 2.24) is 9.80 Å². The van der Waals surface area contributed by atoms with Gasteiger partial charge in [0.05, 0.1) is 18.7 Å². The molecule has 3 aromatic rings.